The highest BCUT2D eigenvalue weighted by molar-refractivity contribution is 5.49. The van der Waals surface area contributed by atoms with Gasteiger partial charge in [-0.2, -0.15) is 0 Å². The minimum atomic E-state index is -0.559. The summed E-state index contributed by atoms with van der Waals surface area (Å²) >= 11 is 0. The third-order valence-electron chi connectivity index (χ3n) is 2.94. The molecule has 0 amide bonds. The molecular weight excluding hydrogens is 226 g/mol. The lowest BCUT2D eigenvalue weighted by Crippen LogP contribution is -2.29. The van der Waals surface area contributed by atoms with E-state index in [-0.39, 0.29) is 11.4 Å². The Morgan fingerprint density at radius 3 is 2.88 bits per heavy atom. The van der Waals surface area contributed by atoms with Crippen LogP contribution in [-0.2, 0) is 0 Å². The molecule has 0 spiro atoms. The van der Waals surface area contributed by atoms with Crippen LogP contribution in [0.5, 0.6) is 5.75 Å². The van der Waals surface area contributed by atoms with Gasteiger partial charge in [0.15, 0.2) is 11.6 Å². The van der Waals surface area contributed by atoms with Crippen LogP contribution in [0, 0.1) is 11.6 Å². The van der Waals surface area contributed by atoms with Crippen molar-refractivity contribution in [2.45, 2.75) is 18.9 Å². The van der Waals surface area contributed by atoms with E-state index >= 15 is 0 Å². The SMILES string of the molecule is COc1cc(F)c(NCC2CCCN2)cc1F. The molecule has 1 aliphatic rings. The second-order valence-electron chi connectivity index (χ2n) is 4.14. The third kappa shape index (κ3) is 2.85. The first-order valence-electron chi connectivity index (χ1n) is 5.71. The van der Waals surface area contributed by atoms with Gasteiger partial charge in [-0.3, -0.25) is 0 Å². The summed E-state index contributed by atoms with van der Waals surface area (Å²) in [6.45, 7) is 1.59. The summed E-state index contributed by atoms with van der Waals surface area (Å²) in [7, 11) is 1.31. The molecule has 1 aromatic carbocycles. The number of benzene rings is 1. The molecule has 3 nitrogen and oxygen atoms in total. The number of rotatable bonds is 4. The van der Waals surface area contributed by atoms with E-state index in [0.29, 0.717) is 12.6 Å². The summed E-state index contributed by atoms with van der Waals surface area (Å²) < 4.78 is 31.6. The molecule has 1 saturated heterocycles. The summed E-state index contributed by atoms with van der Waals surface area (Å²) in [6, 6.07) is 2.52. The van der Waals surface area contributed by atoms with Crippen LogP contribution in [0.15, 0.2) is 12.1 Å². The van der Waals surface area contributed by atoms with Crippen LogP contribution < -0.4 is 15.4 Å². The van der Waals surface area contributed by atoms with Gasteiger partial charge in [-0.1, -0.05) is 0 Å². The van der Waals surface area contributed by atoms with Gasteiger partial charge in [0, 0.05) is 24.7 Å². The summed E-state index contributed by atoms with van der Waals surface area (Å²) in [5.41, 5.74) is 0.178. The van der Waals surface area contributed by atoms with Gasteiger partial charge < -0.3 is 15.4 Å². The Labute approximate surface area is 99.2 Å². The van der Waals surface area contributed by atoms with Crippen molar-refractivity contribution < 1.29 is 13.5 Å². The molecule has 1 unspecified atom stereocenters. The zero-order valence-corrected chi connectivity index (χ0v) is 9.72. The Morgan fingerprint density at radius 1 is 1.41 bits per heavy atom. The first kappa shape index (κ1) is 12.1. The van der Waals surface area contributed by atoms with Crippen LogP contribution in [0.4, 0.5) is 14.5 Å². The molecule has 0 bridgehead atoms. The topological polar surface area (TPSA) is 33.3 Å². The predicted octanol–water partition coefficient (Wildman–Crippen LogP) is 2.14. The third-order valence-corrected chi connectivity index (χ3v) is 2.94. The van der Waals surface area contributed by atoms with Crippen molar-refractivity contribution in [3.8, 4) is 5.75 Å². The zero-order valence-electron chi connectivity index (χ0n) is 9.72. The molecule has 1 atom stereocenters. The van der Waals surface area contributed by atoms with Gasteiger partial charge in [0.25, 0.3) is 0 Å². The Hall–Kier alpha value is -1.36. The van der Waals surface area contributed by atoms with E-state index in [1.165, 1.54) is 7.11 Å². The molecule has 1 fully saturated rings. The average molecular weight is 242 g/mol. The molecule has 0 aromatic heterocycles. The average Bonchev–Trinajstić information content (AvgIpc) is 2.82. The number of methoxy groups -OCH3 is 1. The van der Waals surface area contributed by atoms with Crippen molar-refractivity contribution in [2.75, 3.05) is 25.5 Å². The minimum Gasteiger partial charge on any atom is -0.494 e. The molecule has 1 heterocycles. The second kappa shape index (κ2) is 5.31. The highest BCUT2D eigenvalue weighted by Crippen LogP contribution is 2.24. The second-order valence-corrected chi connectivity index (χ2v) is 4.14. The molecule has 5 heteroatoms. The highest BCUT2D eigenvalue weighted by Gasteiger charge is 2.15. The number of anilines is 1. The first-order chi connectivity index (χ1) is 8.20. The molecule has 0 aliphatic carbocycles. The maximum absolute atomic E-state index is 13.6. The first-order valence-corrected chi connectivity index (χ1v) is 5.71. The van der Waals surface area contributed by atoms with E-state index in [1.807, 2.05) is 0 Å². The van der Waals surface area contributed by atoms with Crippen molar-refractivity contribution in [1.29, 1.82) is 0 Å². The standard InChI is InChI=1S/C12H16F2N2O/c1-17-12-6-9(13)11(5-10(12)14)16-7-8-3-2-4-15-8/h5-6,8,15-16H,2-4,7H2,1H3. The molecule has 2 rings (SSSR count). The van der Waals surface area contributed by atoms with Crippen LogP contribution >= 0.6 is 0 Å². The Bertz CT molecular complexity index is 392. The van der Waals surface area contributed by atoms with E-state index in [2.05, 4.69) is 10.6 Å². The van der Waals surface area contributed by atoms with Crippen LogP contribution in [0.1, 0.15) is 12.8 Å². The monoisotopic (exact) mass is 242 g/mol. The predicted molar refractivity (Wildman–Crippen MR) is 62.4 cm³/mol. The van der Waals surface area contributed by atoms with Crippen LogP contribution in [0.25, 0.3) is 0 Å². The van der Waals surface area contributed by atoms with Gasteiger partial charge in [0.2, 0.25) is 0 Å². The molecule has 1 aromatic rings. The van der Waals surface area contributed by atoms with E-state index in [1.54, 1.807) is 0 Å². The molecule has 0 saturated carbocycles. The Morgan fingerprint density at radius 2 is 2.24 bits per heavy atom. The number of nitrogens with one attached hydrogen (secondary N) is 2. The molecule has 2 N–H and O–H groups in total. The summed E-state index contributed by atoms with van der Waals surface area (Å²) in [5, 5.41) is 6.19. The Kier molecular flexibility index (Phi) is 3.78. The fourth-order valence-corrected chi connectivity index (χ4v) is 1.98. The van der Waals surface area contributed by atoms with Gasteiger partial charge in [-0.25, -0.2) is 8.78 Å². The molecule has 94 valence electrons. The van der Waals surface area contributed by atoms with Gasteiger partial charge >= 0.3 is 0 Å². The quantitative estimate of drug-likeness (QED) is 0.848. The lowest BCUT2D eigenvalue weighted by Gasteiger charge is -2.14. The summed E-state index contributed by atoms with van der Waals surface area (Å²) in [6.07, 6.45) is 2.19. The van der Waals surface area contributed by atoms with Gasteiger partial charge in [-0.05, 0) is 19.4 Å². The van der Waals surface area contributed by atoms with E-state index in [4.69, 9.17) is 4.74 Å². The lowest BCUT2D eigenvalue weighted by atomic mass is 10.2. The fraction of sp³-hybridized carbons (Fsp3) is 0.500. The van der Waals surface area contributed by atoms with E-state index in [9.17, 15) is 8.78 Å². The maximum Gasteiger partial charge on any atom is 0.167 e. The van der Waals surface area contributed by atoms with E-state index < -0.39 is 11.6 Å². The Balaban J connectivity index is 2.02. The molecule has 0 radical (unpaired) electrons. The fourth-order valence-electron chi connectivity index (χ4n) is 1.98. The zero-order chi connectivity index (χ0) is 12.3. The summed E-state index contributed by atoms with van der Waals surface area (Å²) in [4.78, 5) is 0. The number of ether oxygens (including phenoxy) is 1. The van der Waals surface area contributed by atoms with Crippen LogP contribution in [0.3, 0.4) is 0 Å². The number of hydrogen-bond donors (Lipinski definition) is 2. The van der Waals surface area contributed by atoms with Gasteiger partial charge in [0.1, 0.15) is 5.82 Å². The number of halogens is 2. The van der Waals surface area contributed by atoms with Gasteiger partial charge in [-0.15, -0.1) is 0 Å². The van der Waals surface area contributed by atoms with Crippen molar-refractivity contribution >= 4 is 5.69 Å². The van der Waals surface area contributed by atoms with Crippen LogP contribution in [-0.4, -0.2) is 26.2 Å². The number of hydrogen-bond acceptors (Lipinski definition) is 3. The van der Waals surface area contributed by atoms with Gasteiger partial charge in [0.05, 0.1) is 12.8 Å². The van der Waals surface area contributed by atoms with Crippen LogP contribution in [0.2, 0.25) is 0 Å². The molecular formula is C12H16F2N2O. The largest absolute Gasteiger partial charge is 0.494 e. The highest BCUT2D eigenvalue weighted by atomic mass is 19.1. The minimum absolute atomic E-state index is 0.0768. The normalized spacial score (nSPS) is 19.4. The molecule has 17 heavy (non-hydrogen) atoms. The van der Waals surface area contributed by atoms with Crippen molar-refractivity contribution in [1.82, 2.24) is 5.32 Å². The van der Waals surface area contributed by atoms with Crippen molar-refractivity contribution in [3.63, 3.8) is 0 Å². The maximum atomic E-state index is 13.6. The van der Waals surface area contributed by atoms with E-state index in [0.717, 1.165) is 31.5 Å². The van der Waals surface area contributed by atoms with Crippen molar-refractivity contribution in [3.05, 3.63) is 23.8 Å². The lowest BCUT2D eigenvalue weighted by molar-refractivity contribution is 0.383. The molecule has 1 aliphatic heterocycles. The van der Waals surface area contributed by atoms with Crippen molar-refractivity contribution in [2.24, 2.45) is 0 Å². The smallest absolute Gasteiger partial charge is 0.167 e. The summed E-state index contributed by atoms with van der Waals surface area (Å²) in [5.74, 6) is -1.14.